The maximum absolute atomic E-state index is 5.88. The van der Waals surface area contributed by atoms with Crippen molar-refractivity contribution in [1.82, 2.24) is 19.9 Å². The first-order chi connectivity index (χ1) is 7.20. The van der Waals surface area contributed by atoms with Crippen LogP contribution in [0.2, 0.25) is 5.15 Å². The molecule has 0 unspecified atom stereocenters. The Morgan fingerprint density at radius 3 is 2.80 bits per heavy atom. The average Bonchev–Trinajstić information content (AvgIpc) is 2.57. The third-order valence-electron chi connectivity index (χ3n) is 1.92. The molecule has 0 saturated heterocycles. The first-order valence-corrected chi connectivity index (χ1v) is 5.35. The lowest BCUT2D eigenvalue weighted by atomic mass is 10.3. The number of nitrogens with two attached hydrogens (primary N) is 1. The molecule has 0 fully saturated rings. The Bertz CT molecular complexity index is 481. The number of nitrogen functional groups attached to an aromatic ring is 1. The minimum Gasteiger partial charge on any atom is -0.368 e. The third-order valence-corrected chi connectivity index (χ3v) is 2.46. The van der Waals surface area contributed by atoms with Gasteiger partial charge < -0.3 is 10.7 Å². The van der Waals surface area contributed by atoms with E-state index in [1.165, 1.54) is 0 Å². The highest BCUT2D eigenvalue weighted by Crippen LogP contribution is 2.19. The highest BCUT2D eigenvalue weighted by molar-refractivity contribution is 6.33. The fourth-order valence-corrected chi connectivity index (χ4v) is 1.63. The van der Waals surface area contributed by atoms with Crippen molar-refractivity contribution in [3.8, 4) is 0 Å². The van der Waals surface area contributed by atoms with Crippen LogP contribution in [0, 0.1) is 0 Å². The number of hydrogen-bond donors (Lipinski definition) is 2. The van der Waals surface area contributed by atoms with Crippen LogP contribution in [0.15, 0.2) is 0 Å². The van der Waals surface area contributed by atoms with Crippen molar-refractivity contribution >= 4 is 40.3 Å². The van der Waals surface area contributed by atoms with Crippen molar-refractivity contribution < 1.29 is 0 Å². The Kier molecular flexibility index (Phi) is 2.93. The van der Waals surface area contributed by atoms with Crippen LogP contribution < -0.4 is 5.73 Å². The molecule has 3 N–H and O–H groups in total. The summed E-state index contributed by atoms with van der Waals surface area (Å²) in [5, 5.41) is 0.294. The van der Waals surface area contributed by atoms with Gasteiger partial charge in [0.25, 0.3) is 0 Å². The number of hydrogen-bond acceptors (Lipinski definition) is 4. The second-order valence-electron chi connectivity index (χ2n) is 3.05. The number of H-pyrrole nitrogens is 1. The fourth-order valence-electron chi connectivity index (χ4n) is 1.28. The van der Waals surface area contributed by atoms with Gasteiger partial charge in [-0.25, -0.2) is 4.98 Å². The Balaban J connectivity index is 2.41. The summed E-state index contributed by atoms with van der Waals surface area (Å²) < 4.78 is 0. The highest BCUT2D eigenvalue weighted by atomic mass is 35.5. The van der Waals surface area contributed by atoms with E-state index >= 15 is 0 Å². The molecule has 15 heavy (non-hydrogen) atoms. The number of aromatic amines is 1. The van der Waals surface area contributed by atoms with Crippen molar-refractivity contribution in [2.24, 2.45) is 0 Å². The van der Waals surface area contributed by atoms with Crippen LogP contribution in [0.4, 0.5) is 5.95 Å². The van der Waals surface area contributed by atoms with Crippen molar-refractivity contribution in [1.29, 1.82) is 0 Å². The third kappa shape index (κ3) is 2.13. The summed E-state index contributed by atoms with van der Waals surface area (Å²) in [7, 11) is 0. The largest absolute Gasteiger partial charge is 0.368 e. The number of aryl methyl sites for hydroxylation is 1. The number of halogens is 2. The Labute approximate surface area is 96.0 Å². The van der Waals surface area contributed by atoms with Crippen molar-refractivity contribution in [3.05, 3.63) is 11.0 Å². The molecule has 0 bridgehead atoms. The number of imidazole rings is 1. The zero-order valence-electron chi connectivity index (χ0n) is 7.80. The van der Waals surface area contributed by atoms with Crippen LogP contribution >= 0.6 is 23.2 Å². The smallest absolute Gasteiger partial charge is 0.223 e. The van der Waals surface area contributed by atoms with Crippen LogP contribution in [-0.4, -0.2) is 25.8 Å². The van der Waals surface area contributed by atoms with Crippen LogP contribution in [0.5, 0.6) is 0 Å². The van der Waals surface area contributed by atoms with Crippen LogP contribution in [0.1, 0.15) is 12.2 Å². The van der Waals surface area contributed by atoms with Crippen LogP contribution in [0.25, 0.3) is 11.2 Å². The lowest BCUT2D eigenvalue weighted by Crippen LogP contribution is -1.94. The highest BCUT2D eigenvalue weighted by Gasteiger charge is 2.09. The molecule has 2 rings (SSSR count). The molecule has 0 aliphatic heterocycles. The van der Waals surface area contributed by atoms with Gasteiger partial charge in [0.05, 0.1) is 0 Å². The average molecular weight is 246 g/mol. The van der Waals surface area contributed by atoms with Gasteiger partial charge in [0, 0.05) is 12.3 Å². The van der Waals surface area contributed by atoms with Gasteiger partial charge in [0.2, 0.25) is 5.95 Å². The molecule has 80 valence electrons. The van der Waals surface area contributed by atoms with Gasteiger partial charge in [-0.2, -0.15) is 9.97 Å². The van der Waals surface area contributed by atoms with Gasteiger partial charge in [-0.1, -0.05) is 11.6 Å². The molecule has 0 amide bonds. The zero-order chi connectivity index (χ0) is 10.8. The van der Waals surface area contributed by atoms with E-state index in [2.05, 4.69) is 19.9 Å². The molecule has 0 aromatic carbocycles. The van der Waals surface area contributed by atoms with E-state index in [1.54, 1.807) is 0 Å². The normalized spacial score (nSPS) is 11.1. The summed E-state index contributed by atoms with van der Waals surface area (Å²) in [4.78, 5) is 15.1. The minimum absolute atomic E-state index is 0.128. The van der Waals surface area contributed by atoms with E-state index in [1.807, 2.05) is 0 Å². The molecule has 2 aromatic rings. The first kappa shape index (κ1) is 10.4. The molecule has 7 heteroatoms. The number of nitrogens with zero attached hydrogens (tertiary/aromatic N) is 3. The van der Waals surface area contributed by atoms with E-state index < -0.39 is 0 Å². The molecule has 0 aliphatic rings. The quantitative estimate of drug-likeness (QED) is 0.638. The van der Waals surface area contributed by atoms with Gasteiger partial charge in [-0.05, 0) is 6.42 Å². The van der Waals surface area contributed by atoms with Gasteiger partial charge in [-0.15, -0.1) is 11.6 Å². The minimum atomic E-state index is 0.128. The molecular formula is C8H9Cl2N5. The first-order valence-electron chi connectivity index (χ1n) is 4.44. The number of aromatic nitrogens is 4. The van der Waals surface area contributed by atoms with Crippen molar-refractivity contribution in [3.63, 3.8) is 0 Å². The predicted molar refractivity (Wildman–Crippen MR) is 60.1 cm³/mol. The van der Waals surface area contributed by atoms with E-state index in [4.69, 9.17) is 28.9 Å². The molecule has 0 spiro atoms. The fraction of sp³-hybridized carbons (Fsp3) is 0.375. The predicted octanol–water partition coefficient (Wildman–Crippen LogP) is 1.76. The van der Waals surface area contributed by atoms with Gasteiger partial charge in [0.1, 0.15) is 11.3 Å². The van der Waals surface area contributed by atoms with E-state index in [9.17, 15) is 0 Å². The molecular weight excluding hydrogens is 237 g/mol. The molecule has 0 aliphatic carbocycles. The summed E-state index contributed by atoms with van der Waals surface area (Å²) in [6.07, 6.45) is 1.61. The number of nitrogens with one attached hydrogen (secondary N) is 1. The topological polar surface area (TPSA) is 80.5 Å². The SMILES string of the molecule is Nc1nc(Cl)c2[nH]c(CCCCl)nc2n1. The van der Waals surface area contributed by atoms with E-state index in [-0.39, 0.29) is 5.95 Å². The van der Waals surface area contributed by atoms with Gasteiger partial charge in [0.15, 0.2) is 10.8 Å². The summed E-state index contributed by atoms with van der Waals surface area (Å²) in [6, 6.07) is 0. The van der Waals surface area contributed by atoms with Crippen LogP contribution in [0.3, 0.4) is 0 Å². The van der Waals surface area contributed by atoms with E-state index in [0.717, 1.165) is 18.7 Å². The lowest BCUT2D eigenvalue weighted by Gasteiger charge is -1.92. The number of rotatable bonds is 3. The van der Waals surface area contributed by atoms with Gasteiger partial charge >= 0.3 is 0 Å². The monoisotopic (exact) mass is 245 g/mol. The molecule has 2 aromatic heterocycles. The molecule has 0 atom stereocenters. The van der Waals surface area contributed by atoms with Gasteiger partial charge in [-0.3, -0.25) is 0 Å². The second kappa shape index (κ2) is 4.20. The summed E-state index contributed by atoms with van der Waals surface area (Å²) in [5.41, 5.74) is 6.57. The summed E-state index contributed by atoms with van der Waals surface area (Å²) in [6.45, 7) is 0. The number of fused-ring (bicyclic) bond motifs is 1. The lowest BCUT2D eigenvalue weighted by molar-refractivity contribution is 0.866. The Morgan fingerprint density at radius 1 is 1.27 bits per heavy atom. The molecule has 0 saturated carbocycles. The van der Waals surface area contributed by atoms with E-state index in [0.29, 0.717) is 22.2 Å². The molecule has 2 heterocycles. The second-order valence-corrected chi connectivity index (χ2v) is 3.78. The number of alkyl halides is 1. The zero-order valence-corrected chi connectivity index (χ0v) is 9.31. The maximum Gasteiger partial charge on any atom is 0.223 e. The Morgan fingerprint density at radius 2 is 2.07 bits per heavy atom. The summed E-state index contributed by atoms with van der Waals surface area (Å²) >= 11 is 11.5. The maximum atomic E-state index is 5.88. The standard InChI is InChI=1S/C8H9Cl2N5/c9-3-1-2-4-12-5-6(10)14-8(11)15-7(5)13-4/h1-3H2,(H3,11,12,13,14,15). The number of anilines is 1. The Hall–Kier alpha value is -1.07. The molecule has 0 radical (unpaired) electrons. The summed E-state index contributed by atoms with van der Waals surface area (Å²) in [5.74, 6) is 1.52. The van der Waals surface area contributed by atoms with Crippen molar-refractivity contribution in [2.75, 3.05) is 11.6 Å². The van der Waals surface area contributed by atoms with Crippen LogP contribution in [-0.2, 0) is 6.42 Å². The van der Waals surface area contributed by atoms with Crippen molar-refractivity contribution in [2.45, 2.75) is 12.8 Å². The molecule has 5 nitrogen and oxygen atoms in total.